The first-order valence-electron chi connectivity index (χ1n) is 10.3. The summed E-state index contributed by atoms with van der Waals surface area (Å²) in [6, 6.07) is 4.07. The summed E-state index contributed by atoms with van der Waals surface area (Å²) in [6.45, 7) is 4.52. The van der Waals surface area contributed by atoms with Crippen molar-refractivity contribution in [2.24, 2.45) is 0 Å². The molecule has 160 valence electrons. The van der Waals surface area contributed by atoms with Crippen LogP contribution < -0.4 is 16.0 Å². The number of carbonyl (C=O) groups is 1. The number of hydrogen-bond acceptors (Lipinski definition) is 7. The molecule has 3 aromatic rings. The number of nitrogens with one attached hydrogen (secondary N) is 4. The van der Waals surface area contributed by atoms with E-state index in [1.165, 1.54) is 0 Å². The van der Waals surface area contributed by atoms with Gasteiger partial charge in [-0.3, -0.25) is 5.10 Å². The number of alkyl carbamates (subject to hydrolysis) is 1. The predicted molar refractivity (Wildman–Crippen MR) is 113 cm³/mol. The maximum Gasteiger partial charge on any atom is 0.407 e. The number of amides is 1. The molecule has 0 aromatic carbocycles. The van der Waals surface area contributed by atoms with Crippen molar-refractivity contribution in [2.45, 2.75) is 57.7 Å². The summed E-state index contributed by atoms with van der Waals surface area (Å²) in [6.07, 6.45) is 5.70. The van der Waals surface area contributed by atoms with Gasteiger partial charge in [0.2, 0.25) is 0 Å². The normalized spacial score (nSPS) is 18.8. The second kappa shape index (κ2) is 8.70. The summed E-state index contributed by atoms with van der Waals surface area (Å²) in [5.41, 5.74) is 2.86. The van der Waals surface area contributed by atoms with Gasteiger partial charge in [0.1, 0.15) is 11.6 Å². The van der Waals surface area contributed by atoms with Crippen LogP contribution in [0.2, 0.25) is 0 Å². The predicted octanol–water partition coefficient (Wildman–Crippen LogP) is 2.69. The quantitative estimate of drug-likeness (QED) is 0.471. The molecule has 1 fully saturated rings. The van der Waals surface area contributed by atoms with E-state index in [0.717, 1.165) is 36.2 Å². The lowest BCUT2D eigenvalue weighted by atomic mass is 10.0. The second-order valence-electron chi connectivity index (χ2n) is 7.94. The first kappa shape index (κ1) is 20.1. The Bertz CT molecular complexity index is 1010. The molecule has 1 aliphatic rings. The molecule has 3 aromatic heterocycles. The Hall–Kier alpha value is -3.14. The highest BCUT2D eigenvalue weighted by Gasteiger charge is 2.30. The highest BCUT2D eigenvalue weighted by atomic mass is 16.6. The minimum Gasteiger partial charge on any atom is -0.446 e. The Kier molecular flexibility index (Phi) is 5.84. The van der Waals surface area contributed by atoms with Crippen molar-refractivity contribution in [2.75, 3.05) is 12.4 Å². The Labute approximate surface area is 174 Å². The topological polar surface area (TPSA) is 121 Å². The number of rotatable bonds is 7. The third-order valence-electron chi connectivity index (χ3n) is 5.15. The third kappa shape index (κ3) is 4.54. The maximum absolute atomic E-state index is 11.8. The van der Waals surface area contributed by atoms with Crippen LogP contribution in [0, 0.1) is 0 Å². The van der Waals surface area contributed by atoms with Gasteiger partial charge in [-0.25, -0.2) is 14.3 Å². The van der Waals surface area contributed by atoms with E-state index in [-0.39, 0.29) is 24.2 Å². The number of hydrogen-bond donors (Lipinski definition) is 4. The fourth-order valence-corrected chi connectivity index (χ4v) is 3.82. The molecule has 0 saturated heterocycles. The first-order valence-corrected chi connectivity index (χ1v) is 10.3. The molecule has 0 aliphatic heterocycles. The van der Waals surface area contributed by atoms with Crippen molar-refractivity contribution >= 4 is 23.2 Å². The smallest absolute Gasteiger partial charge is 0.407 e. The van der Waals surface area contributed by atoms with Crippen LogP contribution in [0.4, 0.5) is 16.4 Å². The Morgan fingerprint density at radius 2 is 2.23 bits per heavy atom. The Morgan fingerprint density at radius 1 is 1.37 bits per heavy atom. The molecule has 10 heteroatoms. The van der Waals surface area contributed by atoms with Gasteiger partial charge in [0, 0.05) is 42.7 Å². The number of anilines is 2. The number of aromatic nitrogens is 5. The largest absolute Gasteiger partial charge is 0.446 e. The molecule has 3 heterocycles. The molecule has 2 atom stereocenters. The zero-order chi connectivity index (χ0) is 21.1. The molecular formula is C20H28N8O2. The maximum atomic E-state index is 11.8. The fraction of sp³-hybridized carbons (Fsp3) is 0.500. The lowest BCUT2D eigenvalue weighted by Gasteiger charge is -2.14. The van der Waals surface area contributed by atoms with E-state index in [9.17, 15) is 4.79 Å². The average Bonchev–Trinajstić information content (AvgIpc) is 3.41. The van der Waals surface area contributed by atoms with Gasteiger partial charge in [-0.1, -0.05) is 0 Å². The summed E-state index contributed by atoms with van der Waals surface area (Å²) in [4.78, 5) is 16.3. The number of carbonyl (C=O) groups excluding carboxylic acids is 1. The van der Waals surface area contributed by atoms with E-state index in [1.54, 1.807) is 10.7 Å². The number of fused-ring (bicyclic) bond motifs is 1. The fourth-order valence-electron chi connectivity index (χ4n) is 3.82. The lowest BCUT2D eigenvalue weighted by molar-refractivity contribution is 0.0981. The van der Waals surface area contributed by atoms with E-state index in [2.05, 4.69) is 36.2 Å². The van der Waals surface area contributed by atoms with Crippen LogP contribution in [0.15, 0.2) is 24.5 Å². The molecule has 1 saturated carbocycles. The molecular weight excluding hydrogens is 384 g/mol. The van der Waals surface area contributed by atoms with E-state index in [1.807, 2.05) is 39.2 Å². The molecule has 0 radical (unpaired) electrons. The highest BCUT2D eigenvalue weighted by molar-refractivity contribution is 5.72. The molecule has 0 unspecified atom stereocenters. The van der Waals surface area contributed by atoms with Crippen LogP contribution >= 0.6 is 0 Å². The minimum absolute atomic E-state index is 0.0683. The van der Waals surface area contributed by atoms with Gasteiger partial charge in [0.05, 0.1) is 5.69 Å². The molecule has 0 spiro atoms. The van der Waals surface area contributed by atoms with Gasteiger partial charge in [-0.05, 0) is 46.2 Å². The van der Waals surface area contributed by atoms with Gasteiger partial charge in [-0.2, -0.15) is 10.2 Å². The molecule has 4 N–H and O–H groups in total. The molecule has 1 aliphatic carbocycles. The van der Waals surface area contributed by atoms with E-state index >= 15 is 0 Å². The van der Waals surface area contributed by atoms with E-state index in [4.69, 9.17) is 4.74 Å². The third-order valence-corrected chi connectivity index (χ3v) is 5.15. The van der Waals surface area contributed by atoms with Crippen molar-refractivity contribution in [3.05, 3.63) is 35.9 Å². The molecule has 10 nitrogen and oxygen atoms in total. The Balaban J connectivity index is 1.40. The van der Waals surface area contributed by atoms with Gasteiger partial charge in [0.25, 0.3) is 0 Å². The summed E-state index contributed by atoms with van der Waals surface area (Å²) in [5.74, 6) is 1.68. The first-order chi connectivity index (χ1) is 14.5. The van der Waals surface area contributed by atoms with Gasteiger partial charge in [0.15, 0.2) is 11.6 Å². The van der Waals surface area contributed by atoms with Crippen LogP contribution in [0.3, 0.4) is 0 Å². The number of H-pyrrole nitrogens is 1. The van der Waals surface area contributed by atoms with Crippen molar-refractivity contribution in [1.29, 1.82) is 0 Å². The van der Waals surface area contributed by atoms with Gasteiger partial charge < -0.3 is 20.7 Å². The lowest BCUT2D eigenvalue weighted by Crippen LogP contribution is -2.33. The standard InChI is InChI=1S/C20H28N8O2/c1-12(2)23-20(29)30-15-5-4-13(8-15)16-10-18(26-25-16)24-19-17-9-14(11-21-3)27-28(17)7-6-22-19/h6-7,9-10,12-13,15,21H,4-5,8,11H2,1-3H3,(H,23,29)(H2,22,24,25,26)/t13-,15+/m0/s1. The summed E-state index contributed by atoms with van der Waals surface area (Å²) in [7, 11) is 1.89. The van der Waals surface area contributed by atoms with Gasteiger partial charge in [-0.15, -0.1) is 0 Å². The minimum atomic E-state index is -0.347. The monoisotopic (exact) mass is 412 g/mol. The van der Waals surface area contributed by atoms with Crippen LogP contribution in [-0.2, 0) is 11.3 Å². The number of nitrogens with zero attached hydrogens (tertiary/aromatic N) is 4. The van der Waals surface area contributed by atoms with E-state index in [0.29, 0.717) is 18.2 Å². The van der Waals surface area contributed by atoms with Crippen molar-refractivity contribution in [1.82, 2.24) is 35.4 Å². The molecule has 0 bridgehead atoms. The van der Waals surface area contributed by atoms with Crippen LogP contribution in [0.25, 0.3) is 5.52 Å². The van der Waals surface area contributed by atoms with Crippen LogP contribution in [0.5, 0.6) is 0 Å². The van der Waals surface area contributed by atoms with Crippen molar-refractivity contribution < 1.29 is 9.53 Å². The number of ether oxygens (including phenoxy) is 1. The zero-order valence-electron chi connectivity index (χ0n) is 17.5. The van der Waals surface area contributed by atoms with Gasteiger partial charge >= 0.3 is 6.09 Å². The molecule has 30 heavy (non-hydrogen) atoms. The molecule has 4 rings (SSSR count). The summed E-state index contributed by atoms with van der Waals surface area (Å²) in [5, 5.41) is 21.2. The van der Waals surface area contributed by atoms with Crippen molar-refractivity contribution in [3.63, 3.8) is 0 Å². The van der Waals surface area contributed by atoms with Crippen LogP contribution in [-0.4, -0.2) is 50.1 Å². The molecule has 1 amide bonds. The average molecular weight is 412 g/mol. The second-order valence-corrected chi connectivity index (χ2v) is 7.94. The Morgan fingerprint density at radius 3 is 3.03 bits per heavy atom. The van der Waals surface area contributed by atoms with Crippen molar-refractivity contribution in [3.8, 4) is 0 Å². The van der Waals surface area contributed by atoms with Crippen LogP contribution in [0.1, 0.15) is 50.4 Å². The number of aromatic amines is 1. The summed E-state index contributed by atoms with van der Waals surface area (Å²) < 4.78 is 7.32. The summed E-state index contributed by atoms with van der Waals surface area (Å²) >= 11 is 0. The SMILES string of the molecule is CNCc1cc2c(Nc3cc([C@H]4CC[C@@H](OC(=O)NC(C)C)C4)[nH]n3)nccn2n1. The zero-order valence-corrected chi connectivity index (χ0v) is 17.5. The highest BCUT2D eigenvalue weighted by Crippen LogP contribution is 2.36. The van der Waals surface area contributed by atoms with E-state index < -0.39 is 0 Å².